The molecular formula is C8H14N4O2. The maximum Gasteiger partial charge on any atom is 0.291 e. The molecule has 0 aliphatic rings. The van der Waals surface area contributed by atoms with Crippen LogP contribution in [0.25, 0.3) is 0 Å². The first-order chi connectivity index (χ1) is 6.77. The molecule has 0 unspecified atom stereocenters. The predicted molar refractivity (Wildman–Crippen MR) is 49.8 cm³/mol. The molecule has 1 aromatic rings. The van der Waals surface area contributed by atoms with E-state index in [0.717, 1.165) is 12.8 Å². The number of aromatic nitrogens is 3. The van der Waals surface area contributed by atoms with Crippen molar-refractivity contribution >= 4 is 5.91 Å². The Morgan fingerprint density at radius 1 is 1.64 bits per heavy atom. The molecule has 0 atom stereocenters. The van der Waals surface area contributed by atoms with E-state index in [2.05, 4.69) is 20.5 Å². The first-order valence-electron chi connectivity index (χ1n) is 4.58. The smallest absolute Gasteiger partial charge is 0.291 e. The maximum absolute atomic E-state index is 11.3. The average Bonchev–Trinajstić information content (AvgIpc) is 2.63. The maximum atomic E-state index is 11.3. The van der Waals surface area contributed by atoms with Crippen molar-refractivity contribution in [3.8, 4) is 0 Å². The van der Waals surface area contributed by atoms with E-state index in [4.69, 9.17) is 5.11 Å². The van der Waals surface area contributed by atoms with Gasteiger partial charge < -0.3 is 10.4 Å². The highest BCUT2D eigenvalue weighted by Gasteiger charge is 2.10. The second-order valence-electron chi connectivity index (χ2n) is 2.84. The molecule has 1 rings (SSSR count). The highest BCUT2D eigenvalue weighted by Crippen LogP contribution is 1.95. The van der Waals surface area contributed by atoms with Crippen molar-refractivity contribution < 1.29 is 9.90 Å². The highest BCUT2D eigenvalue weighted by atomic mass is 16.3. The van der Waals surface area contributed by atoms with Gasteiger partial charge in [0.05, 0.1) is 6.61 Å². The van der Waals surface area contributed by atoms with Gasteiger partial charge in [-0.1, -0.05) is 6.92 Å². The molecule has 14 heavy (non-hydrogen) atoms. The van der Waals surface area contributed by atoms with Crippen molar-refractivity contribution in [3.63, 3.8) is 0 Å². The number of aliphatic hydroxyl groups is 1. The van der Waals surface area contributed by atoms with Crippen molar-refractivity contribution in [2.24, 2.45) is 0 Å². The number of rotatable bonds is 5. The molecule has 0 saturated heterocycles. The van der Waals surface area contributed by atoms with Crippen molar-refractivity contribution in [1.29, 1.82) is 0 Å². The second kappa shape index (κ2) is 5.33. The number of aromatic amines is 1. The molecule has 0 spiro atoms. The number of hydrogen-bond acceptors (Lipinski definition) is 4. The van der Waals surface area contributed by atoms with Gasteiger partial charge in [0.2, 0.25) is 5.82 Å². The molecule has 1 amide bonds. The molecule has 3 N–H and O–H groups in total. The topological polar surface area (TPSA) is 90.9 Å². The van der Waals surface area contributed by atoms with E-state index in [1.807, 2.05) is 6.92 Å². The van der Waals surface area contributed by atoms with Gasteiger partial charge in [0, 0.05) is 13.0 Å². The van der Waals surface area contributed by atoms with Gasteiger partial charge in [-0.2, -0.15) is 0 Å². The zero-order valence-electron chi connectivity index (χ0n) is 8.08. The summed E-state index contributed by atoms with van der Waals surface area (Å²) < 4.78 is 0. The lowest BCUT2D eigenvalue weighted by Crippen LogP contribution is -2.27. The van der Waals surface area contributed by atoms with Crippen LogP contribution in [0.1, 0.15) is 29.8 Å². The van der Waals surface area contributed by atoms with E-state index in [1.165, 1.54) is 0 Å². The molecule has 0 aliphatic carbocycles. The van der Waals surface area contributed by atoms with Gasteiger partial charge >= 0.3 is 0 Å². The summed E-state index contributed by atoms with van der Waals surface area (Å²) in [6, 6.07) is 0. The molecule has 0 fully saturated rings. The van der Waals surface area contributed by atoms with Crippen LogP contribution in [0.4, 0.5) is 0 Å². The van der Waals surface area contributed by atoms with Crippen molar-refractivity contribution in [2.75, 3.05) is 13.2 Å². The van der Waals surface area contributed by atoms with Crippen LogP contribution >= 0.6 is 0 Å². The Kier molecular flexibility index (Phi) is 4.06. The summed E-state index contributed by atoms with van der Waals surface area (Å²) in [4.78, 5) is 15.2. The van der Waals surface area contributed by atoms with Gasteiger partial charge in [-0.3, -0.25) is 9.89 Å². The number of carbonyl (C=O) groups is 1. The first-order valence-corrected chi connectivity index (χ1v) is 4.58. The van der Waals surface area contributed by atoms with Crippen LogP contribution in [0.15, 0.2) is 0 Å². The second-order valence-corrected chi connectivity index (χ2v) is 2.84. The third kappa shape index (κ3) is 2.81. The van der Waals surface area contributed by atoms with Gasteiger partial charge in [0.25, 0.3) is 5.91 Å². The Morgan fingerprint density at radius 2 is 2.43 bits per heavy atom. The lowest BCUT2D eigenvalue weighted by atomic mass is 10.3. The Hall–Kier alpha value is -1.43. The van der Waals surface area contributed by atoms with Gasteiger partial charge in [0.1, 0.15) is 5.82 Å². The Bertz CT molecular complexity index is 297. The fourth-order valence-corrected chi connectivity index (χ4v) is 0.994. The highest BCUT2D eigenvalue weighted by molar-refractivity contribution is 5.90. The fourth-order valence-electron chi connectivity index (χ4n) is 0.994. The number of aryl methyl sites for hydroxylation is 1. The number of nitrogens with zero attached hydrogens (tertiary/aromatic N) is 2. The zero-order chi connectivity index (χ0) is 10.4. The minimum absolute atomic E-state index is 0.0853. The van der Waals surface area contributed by atoms with Crippen LogP contribution in [-0.4, -0.2) is 39.3 Å². The number of hydrogen-bond donors (Lipinski definition) is 3. The third-order valence-corrected chi connectivity index (χ3v) is 1.62. The zero-order valence-corrected chi connectivity index (χ0v) is 8.08. The SMILES string of the molecule is CCCc1nc(C(=O)NCCO)n[nH]1. The lowest BCUT2D eigenvalue weighted by molar-refractivity contribution is 0.0934. The van der Waals surface area contributed by atoms with Crippen LogP contribution in [0.5, 0.6) is 0 Å². The minimum atomic E-state index is -0.363. The Labute approximate surface area is 81.7 Å². The monoisotopic (exact) mass is 198 g/mol. The summed E-state index contributed by atoms with van der Waals surface area (Å²) in [6.07, 6.45) is 1.73. The van der Waals surface area contributed by atoms with E-state index in [-0.39, 0.29) is 24.9 Å². The molecule has 0 aromatic carbocycles. The molecule has 6 nitrogen and oxygen atoms in total. The average molecular weight is 198 g/mol. The van der Waals surface area contributed by atoms with Crippen molar-refractivity contribution in [1.82, 2.24) is 20.5 Å². The number of carbonyl (C=O) groups excluding carboxylic acids is 1. The normalized spacial score (nSPS) is 10.1. The molecule has 0 radical (unpaired) electrons. The fraction of sp³-hybridized carbons (Fsp3) is 0.625. The molecule has 78 valence electrons. The van der Waals surface area contributed by atoms with Gasteiger partial charge in [0.15, 0.2) is 0 Å². The standard InChI is InChI=1S/C8H14N4O2/c1-2-3-6-10-7(12-11-6)8(14)9-4-5-13/h13H,2-5H2,1H3,(H,9,14)(H,10,11,12). The molecular weight excluding hydrogens is 184 g/mol. The van der Waals surface area contributed by atoms with E-state index in [9.17, 15) is 4.79 Å². The quantitative estimate of drug-likeness (QED) is 0.593. The molecule has 6 heteroatoms. The largest absolute Gasteiger partial charge is 0.395 e. The first kappa shape index (κ1) is 10.6. The Morgan fingerprint density at radius 3 is 3.07 bits per heavy atom. The number of nitrogens with one attached hydrogen (secondary N) is 2. The Balaban J connectivity index is 2.53. The van der Waals surface area contributed by atoms with Gasteiger partial charge in [-0.25, -0.2) is 4.98 Å². The summed E-state index contributed by atoms with van der Waals surface area (Å²) in [5.74, 6) is 0.473. The van der Waals surface area contributed by atoms with Crippen LogP contribution in [0.3, 0.4) is 0 Å². The molecule has 0 saturated carbocycles. The summed E-state index contributed by atoms with van der Waals surface area (Å²) in [7, 11) is 0. The molecule has 0 aliphatic heterocycles. The molecule has 1 aromatic heterocycles. The van der Waals surface area contributed by atoms with Crippen LogP contribution < -0.4 is 5.32 Å². The van der Waals surface area contributed by atoms with E-state index >= 15 is 0 Å². The summed E-state index contributed by atoms with van der Waals surface area (Å²) in [5.41, 5.74) is 0. The third-order valence-electron chi connectivity index (χ3n) is 1.62. The number of amides is 1. The van der Waals surface area contributed by atoms with Crippen molar-refractivity contribution in [3.05, 3.63) is 11.6 Å². The summed E-state index contributed by atoms with van der Waals surface area (Å²) in [5, 5.41) is 17.4. The van der Waals surface area contributed by atoms with E-state index in [0.29, 0.717) is 5.82 Å². The predicted octanol–water partition coefficient (Wildman–Crippen LogP) is -0.521. The van der Waals surface area contributed by atoms with E-state index in [1.54, 1.807) is 0 Å². The summed E-state index contributed by atoms with van der Waals surface area (Å²) >= 11 is 0. The number of aliphatic hydroxyl groups excluding tert-OH is 1. The summed E-state index contributed by atoms with van der Waals surface area (Å²) in [6.45, 7) is 2.16. The van der Waals surface area contributed by atoms with Crippen molar-refractivity contribution in [2.45, 2.75) is 19.8 Å². The van der Waals surface area contributed by atoms with E-state index < -0.39 is 0 Å². The minimum Gasteiger partial charge on any atom is -0.395 e. The van der Waals surface area contributed by atoms with Crippen LogP contribution in [0, 0.1) is 0 Å². The molecule has 1 heterocycles. The number of H-pyrrole nitrogens is 1. The van der Waals surface area contributed by atoms with Crippen LogP contribution in [-0.2, 0) is 6.42 Å². The van der Waals surface area contributed by atoms with Gasteiger partial charge in [-0.05, 0) is 6.42 Å². The van der Waals surface area contributed by atoms with Crippen LogP contribution in [0.2, 0.25) is 0 Å². The lowest BCUT2D eigenvalue weighted by Gasteiger charge is -1.96. The van der Waals surface area contributed by atoms with Gasteiger partial charge in [-0.15, -0.1) is 5.10 Å². The molecule has 0 bridgehead atoms.